The standard InChI is InChI=1S/C23H21ClN4O5/c1-23(2,3)33-22(32)26-9-8-25-20(30)12-4-7-17-15(10-12)18(29)19-27-16-11-13(24)5-6-14(16)21(31)28(17)19/h4-7,10-11H,8-9H2,1-3H3,(H,25,30)(H,26,32). The Balaban J connectivity index is 1.50. The minimum atomic E-state index is -0.614. The van der Waals surface area contributed by atoms with Crippen molar-refractivity contribution in [1.29, 1.82) is 0 Å². The molecule has 3 aromatic rings. The van der Waals surface area contributed by atoms with Gasteiger partial charge in [-0.1, -0.05) is 11.6 Å². The molecular weight excluding hydrogens is 448 g/mol. The molecule has 0 saturated carbocycles. The zero-order chi connectivity index (χ0) is 23.9. The molecule has 2 amide bonds. The van der Waals surface area contributed by atoms with Gasteiger partial charge in [-0.25, -0.2) is 9.78 Å². The van der Waals surface area contributed by atoms with Crippen molar-refractivity contribution in [3.63, 3.8) is 0 Å². The van der Waals surface area contributed by atoms with Crippen LogP contribution in [0.4, 0.5) is 4.79 Å². The van der Waals surface area contributed by atoms with Gasteiger partial charge in [-0.15, -0.1) is 0 Å². The van der Waals surface area contributed by atoms with Crippen molar-refractivity contribution in [3.8, 4) is 5.69 Å². The molecule has 1 aromatic heterocycles. The van der Waals surface area contributed by atoms with E-state index in [-0.39, 0.29) is 35.6 Å². The number of aromatic nitrogens is 2. The van der Waals surface area contributed by atoms with Crippen LogP contribution in [0.25, 0.3) is 16.6 Å². The van der Waals surface area contributed by atoms with E-state index in [1.807, 2.05) is 0 Å². The van der Waals surface area contributed by atoms with Gasteiger partial charge in [-0.05, 0) is 57.2 Å². The Labute approximate surface area is 193 Å². The molecule has 2 aromatic carbocycles. The van der Waals surface area contributed by atoms with Gasteiger partial charge >= 0.3 is 6.09 Å². The minimum absolute atomic E-state index is 0.0242. The van der Waals surface area contributed by atoms with Crippen molar-refractivity contribution in [2.75, 3.05) is 13.1 Å². The molecule has 0 atom stereocenters. The number of ether oxygens (including phenoxy) is 1. The molecule has 0 fully saturated rings. The summed E-state index contributed by atoms with van der Waals surface area (Å²) in [6.07, 6.45) is -0.579. The van der Waals surface area contributed by atoms with Crippen LogP contribution in [0.3, 0.4) is 0 Å². The lowest BCUT2D eigenvalue weighted by molar-refractivity contribution is 0.0526. The first kappa shape index (κ1) is 22.5. The van der Waals surface area contributed by atoms with Crippen molar-refractivity contribution in [2.45, 2.75) is 26.4 Å². The second-order valence-corrected chi connectivity index (χ2v) is 8.92. The smallest absolute Gasteiger partial charge is 0.407 e. The van der Waals surface area contributed by atoms with E-state index >= 15 is 0 Å². The lowest BCUT2D eigenvalue weighted by Gasteiger charge is -2.19. The minimum Gasteiger partial charge on any atom is -0.444 e. The first-order valence-electron chi connectivity index (χ1n) is 10.2. The van der Waals surface area contributed by atoms with Gasteiger partial charge in [-0.2, -0.15) is 0 Å². The van der Waals surface area contributed by atoms with E-state index in [9.17, 15) is 19.2 Å². The fourth-order valence-electron chi connectivity index (χ4n) is 3.47. The average molecular weight is 469 g/mol. The quantitative estimate of drug-likeness (QED) is 0.444. The molecule has 9 nitrogen and oxygen atoms in total. The number of hydrogen-bond donors (Lipinski definition) is 2. The highest BCUT2D eigenvalue weighted by molar-refractivity contribution is 6.31. The van der Waals surface area contributed by atoms with Crippen LogP contribution in [-0.2, 0) is 4.74 Å². The number of ketones is 1. The SMILES string of the molecule is CC(C)(C)OC(=O)NCCNC(=O)c1ccc2c(c1)C(=O)c1nc3cc(Cl)ccc3c(=O)n1-2. The van der Waals surface area contributed by atoms with Gasteiger partial charge in [0.2, 0.25) is 5.78 Å². The van der Waals surface area contributed by atoms with Gasteiger partial charge < -0.3 is 15.4 Å². The maximum absolute atomic E-state index is 13.0. The monoisotopic (exact) mass is 468 g/mol. The summed E-state index contributed by atoms with van der Waals surface area (Å²) >= 11 is 5.99. The molecule has 2 heterocycles. The van der Waals surface area contributed by atoms with Crippen LogP contribution in [0.5, 0.6) is 0 Å². The predicted octanol–water partition coefficient (Wildman–Crippen LogP) is 2.84. The number of nitrogens with zero attached hydrogens (tertiary/aromatic N) is 2. The molecule has 0 saturated heterocycles. The van der Waals surface area contributed by atoms with E-state index in [2.05, 4.69) is 15.6 Å². The summed E-state index contributed by atoms with van der Waals surface area (Å²) in [6, 6.07) is 9.18. The van der Waals surface area contributed by atoms with Crippen molar-refractivity contribution in [3.05, 3.63) is 68.7 Å². The van der Waals surface area contributed by atoms with E-state index in [4.69, 9.17) is 16.3 Å². The van der Waals surface area contributed by atoms with Crippen LogP contribution < -0.4 is 16.2 Å². The predicted molar refractivity (Wildman–Crippen MR) is 122 cm³/mol. The highest BCUT2D eigenvalue weighted by Gasteiger charge is 2.31. The van der Waals surface area contributed by atoms with E-state index < -0.39 is 23.4 Å². The maximum atomic E-state index is 13.0. The van der Waals surface area contributed by atoms with Crippen molar-refractivity contribution in [2.24, 2.45) is 0 Å². The second kappa shape index (κ2) is 8.32. The lowest BCUT2D eigenvalue weighted by atomic mass is 10.1. The summed E-state index contributed by atoms with van der Waals surface area (Å²) in [7, 11) is 0. The van der Waals surface area contributed by atoms with E-state index in [0.717, 1.165) is 0 Å². The first-order chi connectivity index (χ1) is 15.5. The highest BCUT2D eigenvalue weighted by atomic mass is 35.5. The Morgan fingerprint density at radius 3 is 2.52 bits per heavy atom. The Morgan fingerprint density at radius 2 is 1.79 bits per heavy atom. The number of carbonyl (C=O) groups excluding carboxylic acids is 3. The molecule has 0 radical (unpaired) electrons. The Hall–Kier alpha value is -3.72. The number of hydrogen-bond acceptors (Lipinski definition) is 6. The summed E-state index contributed by atoms with van der Waals surface area (Å²) < 4.78 is 6.38. The molecule has 1 aliphatic rings. The molecule has 0 unspecified atom stereocenters. The third kappa shape index (κ3) is 4.45. The van der Waals surface area contributed by atoms with E-state index in [1.165, 1.54) is 22.8 Å². The number of amides is 2. The Bertz CT molecular complexity index is 1370. The molecule has 4 rings (SSSR count). The summed E-state index contributed by atoms with van der Waals surface area (Å²) in [4.78, 5) is 54.4. The van der Waals surface area contributed by atoms with Crippen molar-refractivity contribution < 1.29 is 19.1 Å². The van der Waals surface area contributed by atoms with Gasteiger partial charge in [0, 0.05) is 23.7 Å². The number of nitrogens with one attached hydrogen (secondary N) is 2. The van der Waals surface area contributed by atoms with Crippen LogP contribution in [0.2, 0.25) is 5.02 Å². The zero-order valence-electron chi connectivity index (χ0n) is 18.2. The number of alkyl carbamates (subject to hydrolysis) is 1. The topological polar surface area (TPSA) is 119 Å². The molecule has 170 valence electrons. The molecule has 1 aliphatic heterocycles. The number of fused-ring (bicyclic) bond motifs is 4. The average Bonchev–Trinajstić information content (AvgIpc) is 3.01. The summed E-state index contributed by atoms with van der Waals surface area (Å²) in [5.41, 5.74) is 0.150. The molecular formula is C23H21ClN4O5. The summed E-state index contributed by atoms with van der Waals surface area (Å²) in [6.45, 7) is 5.59. The Kier molecular flexibility index (Phi) is 5.67. The van der Waals surface area contributed by atoms with Crippen LogP contribution in [0.1, 0.15) is 47.3 Å². The number of benzene rings is 2. The molecule has 0 bridgehead atoms. The fourth-order valence-corrected chi connectivity index (χ4v) is 3.63. The van der Waals surface area contributed by atoms with Crippen LogP contribution in [0, 0.1) is 0 Å². The lowest BCUT2D eigenvalue weighted by Crippen LogP contribution is -2.37. The normalized spacial score (nSPS) is 12.3. The van der Waals surface area contributed by atoms with Gasteiger partial charge in [0.1, 0.15) is 5.60 Å². The van der Waals surface area contributed by atoms with Crippen molar-refractivity contribution >= 4 is 40.3 Å². The van der Waals surface area contributed by atoms with Crippen molar-refractivity contribution in [1.82, 2.24) is 20.2 Å². The second-order valence-electron chi connectivity index (χ2n) is 8.48. The Morgan fingerprint density at radius 1 is 1.06 bits per heavy atom. The molecule has 10 heteroatoms. The van der Waals surface area contributed by atoms with Gasteiger partial charge in [0.15, 0.2) is 5.82 Å². The third-order valence-electron chi connectivity index (χ3n) is 4.86. The molecule has 0 aliphatic carbocycles. The van der Waals surface area contributed by atoms with E-state index in [1.54, 1.807) is 39.0 Å². The maximum Gasteiger partial charge on any atom is 0.407 e. The summed E-state index contributed by atoms with van der Waals surface area (Å²) in [5, 5.41) is 5.96. The van der Waals surface area contributed by atoms with Gasteiger partial charge in [0.25, 0.3) is 11.5 Å². The van der Waals surface area contributed by atoms with Gasteiger partial charge in [0.05, 0.1) is 22.2 Å². The molecule has 2 N–H and O–H groups in total. The van der Waals surface area contributed by atoms with Crippen LogP contribution >= 0.6 is 11.6 Å². The van der Waals surface area contributed by atoms with Crippen LogP contribution in [-0.4, -0.2) is 46.0 Å². The fraction of sp³-hybridized carbons (Fsp3) is 0.261. The molecule has 33 heavy (non-hydrogen) atoms. The number of halogens is 1. The zero-order valence-corrected chi connectivity index (χ0v) is 18.9. The van der Waals surface area contributed by atoms with Crippen LogP contribution in [0.15, 0.2) is 41.2 Å². The molecule has 0 spiro atoms. The highest BCUT2D eigenvalue weighted by Crippen LogP contribution is 2.28. The number of carbonyl (C=O) groups is 3. The van der Waals surface area contributed by atoms with E-state index in [0.29, 0.717) is 21.6 Å². The first-order valence-corrected chi connectivity index (χ1v) is 10.6. The van der Waals surface area contributed by atoms with Gasteiger partial charge in [-0.3, -0.25) is 19.0 Å². The number of rotatable bonds is 4. The largest absolute Gasteiger partial charge is 0.444 e. The summed E-state index contributed by atoms with van der Waals surface area (Å²) in [5.74, 6) is -0.904. The third-order valence-corrected chi connectivity index (χ3v) is 5.09.